The average molecular weight is 318 g/mol. The Bertz CT molecular complexity index is 709. The first-order chi connectivity index (χ1) is 11.2. The summed E-state index contributed by atoms with van der Waals surface area (Å²) in [5, 5.41) is 12.5. The van der Waals surface area contributed by atoms with E-state index in [0.717, 1.165) is 31.7 Å². The molecule has 1 saturated heterocycles. The molecule has 2 aromatic heterocycles. The highest BCUT2D eigenvalue weighted by Crippen LogP contribution is 2.15. The van der Waals surface area contributed by atoms with Crippen LogP contribution in [0.15, 0.2) is 33.7 Å². The Labute approximate surface area is 134 Å². The Morgan fingerprint density at radius 3 is 3.04 bits per heavy atom. The minimum absolute atomic E-state index is 0.0632. The minimum atomic E-state index is -0.0832. The number of aryl methyl sites for hydroxylation is 1. The molecule has 1 aliphatic rings. The van der Waals surface area contributed by atoms with Crippen LogP contribution in [0.25, 0.3) is 0 Å². The molecule has 3 heterocycles. The third kappa shape index (κ3) is 3.62. The summed E-state index contributed by atoms with van der Waals surface area (Å²) in [4.78, 5) is 18.5. The summed E-state index contributed by atoms with van der Waals surface area (Å²) in [5.41, 5.74) is -0.0632. The van der Waals surface area contributed by atoms with Gasteiger partial charge in [-0.2, -0.15) is 0 Å². The van der Waals surface area contributed by atoms with E-state index in [2.05, 4.69) is 10.3 Å². The molecule has 0 radical (unpaired) electrons. The number of hydrogen-bond acceptors (Lipinski definition) is 6. The van der Waals surface area contributed by atoms with Crippen molar-refractivity contribution in [2.45, 2.75) is 32.0 Å². The first kappa shape index (κ1) is 15.8. The van der Waals surface area contributed by atoms with Gasteiger partial charge in [0.1, 0.15) is 18.1 Å². The van der Waals surface area contributed by atoms with Crippen LogP contribution in [0.3, 0.4) is 0 Å². The highest BCUT2D eigenvalue weighted by Gasteiger charge is 2.22. The van der Waals surface area contributed by atoms with Crippen LogP contribution in [0.5, 0.6) is 0 Å². The zero-order valence-electron chi connectivity index (χ0n) is 13.2. The second kappa shape index (κ2) is 6.97. The third-order valence-electron chi connectivity index (χ3n) is 4.16. The van der Waals surface area contributed by atoms with Crippen LogP contribution >= 0.6 is 0 Å². The number of aromatic nitrogens is 2. The predicted molar refractivity (Wildman–Crippen MR) is 86.2 cm³/mol. The summed E-state index contributed by atoms with van der Waals surface area (Å²) in [6.07, 6.45) is 5.39. The van der Waals surface area contributed by atoms with Crippen LogP contribution < -0.4 is 15.8 Å². The molecule has 0 unspecified atom stereocenters. The third-order valence-corrected chi connectivity index (χ3v) is 4.16. The van der Waals surface area contributed by atoms with Gasteiger partial charge in [-0.3, -0.25) is 4.79 Å². The molecule has 0 aromatic carbocycles. The van der Waals surface area contributed by atoms with Crippen LogP contribution in [-0.2, 0) is 20.2 Å². The van der Waals surface area contributed by atoms with Gasteiger partial charge in [-0.1, -0.05) is 0 Å². The molecule has 124 valence electrons. The number of furan rings is 1. The Morgan fingerprint density at radius 1 is 1.43 bits per heavy atom. The summed E-state index contributed by atoms with van der Waals surface area (Å²) < 4.78 is 7.03. The van der Waals surface area contributed by atoms with Gasteiger partial charge in [0.05, 0.1) is 6.54 Å². The summed E-state index contributed by atoms with van der Waals surface area (Å²) in [5.74, 6) is 1.89. The van der Waals surface area contributed by atoms with Gasteiger partial charge in [-0.05, 0) is 25.0 Å². The second-order valence-corrected chi connectivity index (χ2v) is 5.86. The molecule has 1 aliphatic heterocycles. The molecule has 23 heavy (non-hydrogen) atoms. The predicted octanol–water partition coefficient (Wildman–Crippen LogP) is 0.624. The summed E-state index contributed by atoms with van der Waals surface area (Å²) in [7, 11) is 1.74. The van der Waals surface area contributed by atoms with E-state index in [9.17, 15) is 4.79 Å². The van der Waals surface area contributed by atoms with Crippen LogP contribution in [0.1, 0.15) is 24.4 Å². The molecular weight excluding hydrogens is 296 g/mol. The van der Waals surface area contributed by atoms with Crippen molar-refractivity contribution in [3.8, 4) is 0 Å². The largest absolute Gasteiger partial charge is 0.462 e. The maximum Gasteiger partial charge on any atom is 0.293 e. The monoisotopic (exact) mass is 318 g/mol. The fraction of sp³-hybridized carbons (Fsp3) is 0.500. The van der Waals surface area contributed by atoms with Gasteiger partial charge in [-0.15, -0.1) is 0 Å². The number of rotatable bonds is 5. The zero-order chi connectivity index (χ0) is 16.2. The van der Waals surface area contributed by atoms with Crippen LogP contribution in [0.4, 0.5) is 5.82 Å². The lowest BCUT2D eigenvalue weighted by Crippen LogP contribution is -2.47. The van der Waals surface area contributed by atoms with Gasteiger partial charge in [0.2, 0.25) is 0 Å². The van der Waals surface area contributed by atoms with E-state index in [1.54, 1.807) is 30.1 Å². The van der Waals surface area contributed by atoms with Crippen molar-refractivity contribution >= 4 is 5.82 Å². The smallest absolute Gasteiger partial charge is 0.293 e. The minimum Gasteiger partial charge on any atom is -0.462 e. The van der Waals surface area contributed by atoms with Gasteiger partial charge in [0, 0.05) is 38.6 Å². The van der Waals surface area contributed by atoms with Gasteiger partial charge in [0.15, 0.2) is 5.82 Å². The van der Waals surface area contributed by atoms with Crippen LogP contribution in [-0.4, -0.2) is 33.8 Å². The Kier molecular flexibility index (Phi) is 4.78. The number of nitrogens with zero attached hydrogens (tertiary/aromatic N) is 3. The van der Waals surface area contributed by atoms with Gasteiger partial charge in [0.25, 0.3) is 5.56 Å². The SMILES string of the molecule is Cn1ccnc(N2CCC[C@@H](NCc3ccc(CO)o3)C2)c1=O. The lowest BCUT2D eigenvalue weighted by molar-refractivity contribution is 0.242. The van der Waals surface area contributed by atoms with E-state index < -0.39 is 0 Å². The molecule has 7 nitrogen and oxygen atoms in total. The maximum atomic E-state index is 12.2. The van der Waals surface area contributed by atoms with E-state index >= 15 is 0 Å². The van der Waals surface area contributed by atoms with Crippen molar-refractivity contribution in [2.24, 2.45) is 7.05 Å². The first-order valence-electron chi connectivity index (χ1n) is 7.86. The molecule has 1 fully saturated rings. The van der Waals surface area contributed by atoms with Crippen molar-refractivity contribution in [2.75, 3.05) is 18.0 Å². The number of nitrogens with one attached hydrogen (secondary N) is 1. The van der Waals surface area contributed by atoms with Crippen molar-refractivity contribution in [1.29, 1.82) is 0 Å². The highest BCUT2D eigenvalue weighted by atomic mass is 16.4. The number of aliphatic hydroxyl groups is 1. The number of anilines is 1. The molecule has 0 bridgehead atoms. The molecule has 2 N–H and O–H groups in total. The van der Waals surface area contributed by atoms with Crippen LogP contribution in [0.2, 0.25) is 0 Å². The Hall–Kier alpha value is -2.12. The summed E-state index contributed by atoms with van der Waals surface area (Å²) in [6.45, 7) is 2.12. The summed E-state index contributed by atoms with van der Waals surface area (Å²) >= 11 is 0. The van der Waals surface area contributed by atoms with Gasteiger partial charge in [-0.25, -0.2) is 4.98 Å². The Morgan fingerprint density at radius 2 is 2.26 bits per heavy atom. The number of hydrogen-bond donors (Lipinski definition) is 2. The standard InChI is InChI=1S/C16H22N4O3/c1-19-8-6-17-15(16(19)22)20-7-2-3-12(10-20)18-9-13-4-5-14(11-21)23-13/h4-6,8,12,18,21H,2-3,7,9-11H2,1H3/t12-/m1/s1. The highest BCUT2D eigenvalue weighted by molar-refractivity contribution is 5.36. The van der Waals surface area contributed by atoms with Crippen molar-refractivity contribution in [3.63, 3.8) is 0 Å². The molecular formula is C16H22N4O3. The molecule has 3 rings (SSSR count). The molecule has 7 heteroatoms. The molecule has 2 aromatic rings. The maximum absolute atomic E-state index is 12.2. The summed E-state index contributed by atoms with van der Waals surface area (Å²) in [6, 6.07) is 3.92. The number of aliphatic hydroxyl groups excluding tert-OH is 1. The quantitative estimate of drug-likeness (QED) is 0.841. The van der Waals surface area contributed by atoms with E-state index in [1.807, 2.05) is 11.0 Å². The van der Waals surface area contributed by atoms with Crippen molar-refractivity contribution < 1.29 is 9.52 Å². The first-order valence-corrected chi connectivity index (χ1v) is 7.86. The van der Waals surface area contributed by atoms with Crippen LogP contribution in [0, 0.1) is 0 Å². The van der Waals surface area contributed by atoms with E-state index in [4.69, 9.17) is 9.52 Å². The molecule has 0 amide bonds. The van der Waals surface area contributed by atoms with Crippen molar-refractivity contribution in [3.05, 3.63) is 46.4 Å². The fourth-order valence-corrected chi connectivity index (χ4v) is 2.88. The molecule has 1 atom stereocenters. The average Bonchev–Trinajstić information content (AvgIpc) is 3.04. The van der Waals surface area contributed by atoms with E-state index in [0.29, 0.717) is 18.1 Å². The normalized spacial score (nSPS) is 18.3. The second-order valence-electron chi connectivity index (χ2n) is 5.86. The van der Waals surface area contributed by atoms with Gasteiger partial charge < -0.3 is 24.3 Å². The van der Waals surface area contributed by atoms with E-state index in [-0.39, 0.29) is 18.2 Å². The number of piperidine rings is 1. The molecule has 0 spiro atoms. The topological polar surface area (TPSA) is 83.5 Å². The molecule has 0 saturated carbocycles. The lowest BCUT2D eigenvalue weighted by atomic mass is 10.1. The lowest BCUT2D eigenvalue weighted by Gasteiger charge is -2.33. The zero-order valence-corrected chi connectivity index (χ0v) is 13.2. The van der Waals surface area contributed by atoms with Gasteiger partial charge >= 0.3 is 0 Å². The Balaban J connectivity index is 1.62. The molecule has 0 aliphatic carbocycles. The van der Waals surface area contributed by atoms with E-state index in [1.165, 1.54) is 0 Å². The van der Waals surface area contributed by atoms with Crippen molar-refractivity contribution in [1.82, 2.24) is 14.9 Å². The fourth-order valence-electron chi connectivity index (χ4n) is 2.88.